The summed E-state index contributed by atoms with van der Waals surface area (Å²) < 4.78 is 47.3. The molecule has 1 aromatic carbocycles. The Hall–Kier alpha value is -2.07. The molecule has 1 heterocycles. The van der Waals surface area contributed by atoms with E-state index < -0.39 is 11.9 Å². The molecule has 6 nitrogen and oxygen atoms in total. The molecule has 0 radical (unpaired) electrons. The Morgan fingerprint density at radius 3 is 2.81 bits per heavy atom. The first kappa shape index (κ1) is 20.2. The summed E-state index contributed by atoms with van der Waals surface area (Å²) in [6.45, 7) is 1.76. The van der Waals surface area contributed by atoms with E-state index in [0.29, 0.717) is 34.1 Å². The van der Waals surface area contributed by atoms with Gasteiger partial charge in [0.05, 0.1) is 11.4 Å². The average molecular weight is 389 g/mol. The molecular weight excluding hydrogens is 371 g/mol. The van der Waals surface area contributed by atoms with Gasteiger partial charge < -0.3 is 14.6 Å². The quantitative estimate of drug-likeness (QED) is 0.688. The van der Waals surface area contributed by atoms with E-state index >= 15 is 0 Å². The van der Waals surface area contributed by atoms with Crippen LogP contribution in [0.25, 0.3) is 0 Å². The van der Waals surface area contributed by atoms with Crippen molar-refractivity contribution < 1.29 is 27.2 Å². The van der Waals surface area contributed by atoms with Gasteiger partial charge in [0.2, 0.25) is 11.8 Å². The van der Waals surface area contributed by atoms with Gasteiger partial charge in [-0.05, 0) is 19.1 Å². The summed E-state index contributed by atoms with van der Waals surface area (Å²) in [7, 11) is 1.52. The zero-order valence-electron chi connectivity index (χ0n) is 14.2. The van der Waals surface area contributed by atoms with Crippen molar-refractivity contribution in [3.05, 3.63) is 36.0 Å². The number of benzene rings is 1. The number of anilines is 1. The maximum Gasteiger partial charge on any atom is 0.398 e. The van der Waals surface area contributed by atoms with Gasteiger partial charge in [-0.15, -0.1) is 11.8 Å². The van der Waals surface area contributed by atoms with E-state index in [-0.39, 0.29) is 24.9 Å². The van der Waals surface area contributed by atoms with Crippen molar-refractivity contribution in [2.45, 2.75) is 36.9 Å². The lowest BCUT2D eigenvalue weighted by Crippen LogP contribution is -2.14. The number of carbonyl (C=O) groups excluding carboxylic acids is 1. The van der Waals surface area contributed by atoms with Gasteiger partial charge in [-0.3, -0.25) is 4.79 Å². The van der Waals surface area contributed by atoms with Gasteiger partial charge in [0, 0.05) is 24.8 Å². The van der Waals surface area contributed by atoms with Crippen LogP contribution in [0.2, 0.25) is 0 Å². The highest BCUT2D eigenvalue weighted by molar-refractivity contribution is 7.99. The Bertz CT molecular complexity index is 737. The van der Waals surface area contributed by atoms with E-state index in [1.165, 1.54) is 13.2 Å². The predicted octanol–water partition coefficient (Wildman–Crippen LogP) is 4.00. The Labute approximate surface area is 152 Å². The summed E-state index contributed by atoms with van der Waals surface area (Å²) in [6, 6.07) is 6.35. The van der Waals surface area contributed by atoms with Crippen LogP contribution >= 0.6 is 11.8 Å². The number of hydrogen-bond donors (Lipinski definition) is 1. The molecule has 0 aliphatic rings. The van der Waals surface area contributed by atoms with E-state index in [1.54, 1.807) is 25.1 Å². The topological polar surface area (TPSA) is 77.2 Å². The SMILES string of the molecule is CO[C@H](C)c1noc(CCC(=O)Nc2ccccc2SCC(F)(F)F)n1. The molecule has 1 N–H and O–H groups in total. The Balaban J connectivity index is 1.90. The molecule has 0 aliphatic heterocycles. The number of nitrogens with zero attached hydrogens (tertiary/aromatic N) is 2. The van der Waals surface area contributed by atoms with Crippen LogP contribution in [0.1, 0.15) is 31.2 Å². The zero-order chi connectivity index (χ0) is 19.2. The number of halogens is 3. The molecule has 142 valence electrons. The average Bonchev–Trinajstić information content (AvgIpc) is 3.07. The van der Waals surface area contributed by atoms with Crippen LogP contribution in [0.5, 0.6) is 0 Å². The second-order valence-corrected chi connectivity index (χ2v) is 6.39. The smallest absolute Gasteiger partial charge is 0.374 e. The van der Waals surface area contributed by atoms with E-state index in [9.17, 15) is 18.0 Å². The van der Waals surface area contributed by atoms with Gasteiger partial charge in [-0.1, -0.05) is 17.3 Å². The molecule has 1 atom stereocenters. The molecule has 10 heteroatoms. The molecule has 0 aliphatic carbocycles. The molecule has 1 amide bonds. The second-order valence-electron chi connectivity index (χ2n) is 5.37. The number of hydrogen-bond acceptors (Lipinski definition) is 6. The number of para-hydroxylation sites is 1. The molecule has 0 unspecified atom stereocenters. The summed E-state index contributed by atoms with van der Waals surface area (Å²) in [5, 5.41) is 6.37. The van der Waals surface area contributed by atoms with Gasteiger partial charge in [0.15, 0.2) is 5.82 Å². The lowest BCUT2D eigenvalue weighted by Gasteiger charge is -2.11. The number of thioether (sulfide) groups is 1. The fourth-order valence-electron chi connectivity index (χ4n) is 1.93. The maximum absolute atomic E-state index is 12.4. The number of aromatic nitrogens is 2. The number of alkyl halides is 3. The minimum absolute atomic E-state index is 0.0568. The molecule has 2 rings (SSSR count). The van der Waals surface area contributed by atoms with Crippen molar-refractivity contribution in [1.29, 1.82) is 0 Å². The van der Waals surface area contributed by atoms with Gasteiger partial charge in [0.1, 0.15) is 6.10 Å². The van der Waals surface area contributed by atoms with Crippen molar-refractivity contribution >= 4 is 23.4 Å². The third kappa shape index (κ3) is 6.34. The van der Waals surface area contributed by atoms with Gasteiger partial charge in [0.25, 0.3) is 0 Å². The molecule has 0 saturated heterocycles. The molecule has 26 heavy (non-hydrogen) atoms. The highest BCUT2D eigenvalue weighted by Crippen LogP contribution is 2.32. The van der Waals surface area contributed by atoms with E-state index in [4.69, 9.17) is 9.26 Å². The number of methoxy groups -OCH3 is 1. The number of rotatable bonds is 8. The fourth-order valence-corrected chi connectivity index (χ4v) is 2.70. The predicted molar refractivity (Wildman–Crippen MR) is 89.9 cm³/mol. The first-order chi connectivity index (χ1) is 12.3. The summed E-state index contributed by atoms with van der Waals surface area (Å²) >= 11 is 0.625. The zero-order valence-corrected chi connectivity index (χ0v) is 15.0. The van der Waals surface area contributed by atoms with Crippen molar-refractivity contribution in [3.8, 4) is 0 Å². The standard InChI is InChI=1S/C16H18F3N3O3S/c1-10(24-2)15-21-14(25-22-15)8-7-13(23)20-11-5-3-4-6-12(11)26-9-16(17,18)19/h3-6,10H,7-9H2,1-2H3,(H,20,23)/t10-/m1/s1. The molecule has 0 fully saturated rings. The number of ether oxygens (including phenoxy) is 1. The third-order valence-corrected chi connectivity index (χ3v) is 4.46. The van der Waals surface area contributed by atoms with Crippen molar-refractivity contribution in [3.63, 3.8) is 0 Å². The van der Waals surface area contributed by atoms with Gasteiger partial charge >= 0.3 is 6.18 Å². The van der Waals surface area contributed by atoms with Crippen LogP contribution in [0.3, 0.4) is 0 Å². The largest absolute Gasteiger partial charge is 0.398 e. The molecule has 1 aromatic heterocycles. The molecule has 2 aromatic rings. The van der Waals surface area contributed by atoms with Crippen LogP contribution in [-0.4, -0.2) is 35.1 Å². The summed E-state index contributed by atoms with van der Waals surface area (Å²) in [6.07, 6.45) is -4.33. The first-order valence-electron chi connectivity index (χ1n) is 7.72. The minimum atomic E-state index is -4.28. The fraction of sp³-hybridized carbons (Fsp3) is 0.438. The van der Waals surface area contributed by atoms with Crippen LogP contribution in [0, 0.1) is 0 Å². The minimum Gasteiger partial charge on any atom is -0.374 e. The van der Waals surface area contributed by atoms with Crippen LogP contribution in [0.4, 0.5) is 18.9 Å². The normalized spacial score (nSPS) is 12.8. The lowest BCUT2D eigenvalue weighted by molar-refractivity contribution is -0.116. The van der Waals surface area contributed by atoms with Crippen molar-refractivity contribution in [2.24, 2.45) is 0 Å². The monoisotopic (exact) mass is 389 g/mol. The summed E-state index contributed by atoms with van der Waals surface area (Å²) in [5.41, 5.74) is 0.339. The Morgan fingerprint density at radius 2 is 2.12 bits per heavy atom. The third-order valence-electron chi connectivity index (χ3n) is 3.32. The van der Waals surface area contributed by atoms with Gasteiger partial charge in [-0.2, -0.15) is 18.2 Å². The molecule has 0 spiro atoms. The molecular formula is C16H18F3N3O3S. The Kier molecular flexibility index (Phi) is 7.04. The van der Waals surface area contributed by atoms with E-state index in [2.05, 4.69) is 15.5 Å². The number of amides is 1. The number of aryl methyl sites for hydroxylation is 1. The lowest BCUT2D eigenvalue weighted by atomic mass is 10.2. The maximum atomic E-state index is 12.4. The number of nitrogens with one attached hydrogen (secondary N) is 1. The van der Waals surface area contributed by atoms with Crippen LogP contribution < -0.4 is 5.32 Å². The molecule has 0 bridgehead atoms. The van der Waals surface area contributed by atoms with Crippen molar-refractivity contribution in [1.82, 2.24) is 10.1 Å². The summed E-state index contributed by atoms with van der Waals surface area (Å²) in [4.78, 5) is 16.6. The van der Waals surface area contributed by atoms with E-state index in [1.807, 2.05) is 0 Å². The van der Waals surface area contributed by atoms with Gasteiger partial charge in [-0.25, -0.2) is 0 Å². The van der Waals surface area contributed by atoms with E-state index in [0.717, 1.165) is 0 Å². The summed E-state index contributed by atoms with van der Waals surface area (Å²) in [5.74, 6) is -0.706. The Morgan fingerprint density at radius 1 is 1.38 bits per heavy atom. The highest BCUT2D eigenvalue weighted by atomic mass is 32.2. The number of carbonyl (C=O) groups is 1. The molecule has 0 saturated carbocycles. The van der Waals surface area contributed by atoms with Crippen LogP contribution in [-0.2, 0) is 16.0 Å². The van der Waals surface area contributed by atoms with Crippen molar-refractivity contribution in [2.75, 3.05) is 18.2 Å². The second kappa shape index (κ2) is 9.04. The highest BCUT2D eigenvalue weighted by Gasteiger charge is 2.27. The van der Waals surface area contributed by atoms with Crippen LogP contribution in [0.15, 0.2) is 33.7 Å². The first-order valence-corrected chi connectivity index (χ1v) is 8.70.